The molecule has 35 heavy (non-hydrogen) atoms. The van der Waals surface area contributed by atoms with Crippen LogP contribution in [0.25, 0.3) is 5.70 Å². The van der Waals surface area contributed by atoms with Crippen LogP contribution in [0.2, 0.25) is 0 Å². The fourth-order valence-corrected chi connectivity index (χ4v) is 5.06. The maximum absolute atomic E-state index is 13.2. The second kappa shape index (κ2) is 8.85. The van der Waals surface area contributed by atoms with Gasteiger partial charge in [-0.2, -0.15) is 17.5 Å². The number of anilines is 3. The highest BCUT2D eigenvalue weighted by molar-refractivity contribution is 7.10. The zero-order chi connectivity index (χ0) is 25.7. The van der Waals surface area contributed by atoms with Gasteiger partial charge >= 0.3 is 6.18 Å². The molecule has 0 radical (unpaired) electrons. The van der Waals surface area contributed by atoms with Crippen molar-refractivity contribution in [3.8, 4) is 0 Å². The van der Waals surface area contributed by atoms with Crippen LogP contribution in [0.1, 0.15) is 45.9 Å². The Hall–Kier alpha value is -3.08. The Bertz CT molecular complexity index is 1200. The predicted molar refractivity (Wildman–Crippen MR) is 132 cm³/mol. The third-order valence-corrected chi connectivity index (χ3v) is 7.16. The van der Waals surface area contributed by atoms with E-state index in [-0.39, 0.29) is 22.8 Å². The van der Waals surface area contributed by atoms with Crippen LogP contribution in [-0.4, -0.2) is 39.8 Å². The molecule has 1 amide bonds. The third kappa shape index (κ3) is 4.86. The number of aromatic nitrogens is 2. The Morgan fingerprint density at radius 2 is 2.06 bits per heavy atom. The summed E-state index contributed by atoms with van der Waals surface area (Å²) in [5.41, 5.74) is 2.03. The molecule has 0 bridgehead atoms. The number of rotatable bonds is 5. The molecule has 2 aliphatic rings. The average Bonchev–Trinajstić information content (AvgIpc) is 3.34. The number of nitrogens with one attached hydrogen (secondary N) is 2. The molecule has 2 aromatic rings. The first-order valence-corrected chi connectivity index (χ1v) is 12.1. The van der Waals surface area contributed by atoms with E-state index in [1.807, 2.05) is 12.3 Å². The highest BCUT2D eigenvalue weighted by atomic mass is 32.1. The number of dihydropyridines is 1. The topological polar surface area (TPSA) is 73.4 Å². The minimum absolute atomic E-state index is 0.0336. The second-order valence-corrected chi connectivity index (χ2v) is 10.7. The van der Waals surface area contributed by atoms with E-state index in [1.165, 1.54) is 31.2 Å². The lowest BCUT2D eigenvalue weighted by Crippen LogP contribution is -2.29. The van der Waals surface area contributed by atoms with Gasteiger partial charge in [-0.25, -0.2) is 4.98 Å². The molecular formula is C24H29F3N6OS. The third-order valence-electron chi connectivity index (χ3n) is 6.46. The summed E-state index contributed by atoms with van der Waals surface area (Å²) >= 11 is 1.17. The van der Waals surface area contributed by atoms with E-state index >= 15 is 0 Å². The number of hydrogen-bond donors (Lipinski definition) is 2. The van der Waals surface area contributed by atoms with Gasteiger partial charge in [0.05, 0.1) is 16.9 Å². The van der Waals surface area contributed by atoms with Crippen LogP contribution in [0.3, 0.4) is 0 Å². The molecular weight excluding hydrogens is 477 g/mol. The quantitative estimate of drug-likeness (QED) is 0.563. The van der Waals surface area contributed by atoms with Crippen molar-refractivity contribution in [1.82, 2.24) is 19.6 Å². The van der Waals surface area contributed by atoms with Crippen LogP contribution in [0, 0.1) is 11.3 Å². The lowest BCUT2D eigenvalue weighted by Gasteiger charge is -2.28. The SMILES string of the molecule is CC(=O)N(C)c1cc(C(F)(F)F)cnc1Nc1cc(C2=CC3C(=CN2)N(C(C)C)CC3(C)C)ns1. The number of halogens is 3. The molecule has 2 aliphatic heterocycles. The first kappa shape index (κ1) is 25.0. The first-order chi connectivity index (χ1) is 16.3. The van der Waals surface area contributed by atoms with Gasteiger partial charge in [-0.1, -0.05) is 13.8 Å². The predicted octanol–water partition coefficient (Wildman–Crippen LogP) is 5.44. The van der Waals surface area contributed by atoms with E-state index in [0.29, 0.717) is 11.0 Å². The zero-order valence-electron chi connectivity index (χ0n) is 20.5. The molecule has 1 fully saturated rings. The number of alkyl halides is 3. The summed E-state index contributed by atoms with van der Waals surface area (Å²) in [5.74, 6) is -0.0252. The lowest BCUT2D eigenvalue weighted by atomic mass is 9.79. The Balaban J connectivity index is 1.60. The molecule has 188 valence electrons. The summed E-state index contributed by atoms with van der Waals surface area (Å²) in [5, 5.41) is 6.99. The van der Waals surface area contributed by atoms with Crippen LogP contribution in [0.15, 0.2) is 36.3 Å². The summed E-state index contributed by atoms with van der Waals surface area (Å²) in [4.78, 5) is 19.4. The van der Waals surface area contributed by atoms with Crippen LogP contribution < -0.4 is 15.5 Å². The number of carbonyl (C=O) groups is 1. The number of fused-ring (bicyclic) bond motifs is 1. The molecule has 0 aliphatic carbocycles. The fourth-order valence-electron chi connectivity index (χ4n) is 4.41. The van der Waals surface area contributed by atoms with Crippen LogP contribution in [-0.2, 0) is 11.0 Å². The van der Waals surface area contributed by atoms with Gasteiger partial charge < -0.3 is 20.4 Å². The van der Waals surface area contributed by atoms with Gasteiger partial charge in [0.25, 0.3) is 0 Å². The molecule has 11 heteroatoms. The number of allylic oxidation sites excluding steroid dienone is 1. The Morgan fingerprint density at radius 1 is 1.34 bits per heavy atom. The minimum Gasteiger partial charge on any atom is -0.370 e. The molecule has 4 heterocycles. The van der Waals surface area contributed by atoms with Crippen LogP contribution >= 0.6 is 11.5 Å². The van der Waals surface area contributed by atoms with E-state index in [2.05, 4.69) is 58.7 Å². The molecule has 1 unspecified atom stereocenters. The van der Waals surface area contributed by atoms with Gasteiger partial charge in [-0.05, 0) is 42.9 Å². The lowest BCUT2D eigenvalue weighted by molar-refractivity contribution is -0.137. The zero-order valence-corrected chi connectivity index (χ0v) is 21.3. The summed E-state index contributed by atoms with van der Waals surface area (Å²) in [6, 6.07) is 3.14. The second-order valence-electron chi connectivity index (χ2n) is 9.85. The largest absolute Gasteiger partial charge is 0.417 e. The van der Waals surface area contributed by atoms with Crippen LogP contribution in [0.5, 0.6) is 0 Å². The number of carbonyl (C=O) groups excluding carboxylic acids is 1. The summed E-state index contributed by atoms with van der Waals surface area (Å²) in [6.07, 6.45) is 0.419. The summed E-state index contributed by atoms with van der Waals surface area (Å²) < 4.78 is 44.2. The van der Waals surface area contributed by atoms with Crippen molar-refractivity contribution in [3.63, 3.8) is 0 Å². The molecule has 0 spiro atoms. The molecule has 2 N–H and O–H groups in total. The van der Waals surface area contributed by atoms with E-state index in [0.717, 1.165) is 35.1 Å². The van der Waals surface area contributed by atoms with Crippen molar-refractivity contribution < 1.29 is 18.0 Å². The molecule has 0 saturated carbocycles. The maximum atomic E-state index is 13.2. The smallest absolute Gasteiger partial charge is 0.370 e. The molecule has 2 aromatic heterocycles. The number of pyridine rings is 1. The van der Waals surface area contributed by atoms with E-state index in [9.17, 15) is 18.0 Å². The Labute approximate surface area is 206 Å². The van der Waals surface area contributed by atoms with Crippen molar-refractivity contribution in [1.29, 1.82) is 0 Å². The number of hydrogen-bond acceptors (Lipinski definition) is 7. The molecule has 1 saturated heterocycles. The molecule has 0 aromatic carbocycles. The highest BCUT2D eigenvalue weighted by Crippen LogP contribution is 2.46. The summed E-state index contributed by atoms with van der Waals surface area (Å²) in [6.45, 7) is 11.1. The minimum atomic E-state index is -4.57. The highest BCUT2D eigenvalue weighted by Gasteiger charge is 2.44. The standard InChI is InChI=1S/C24H29F3N6OS/c1-13(2)33-12-23(4,5)16-8-17(28-11-20(16)33)18-9-21(35-31-18)30-22-19(32(6)14(3)34)7-15(10-29-22)24(25,26)27/h7-11,13,16,28H,12H2,1-6H3,(H,29,30). The Morgan fingerprint density at radius 3 is 2.69 bits per heavy atom. The number of nitrogens with zero attached hydrogens (tertiary/aromatic N) is 4. The number of likely N-dealkylation sites (tertiary alicyclic amines) is 1. The maximum Gasteiger partial charge on any atom is 0.417 e. The first-order valence-electron chi connectivity index (χ1n) is 11.3. The average molecular weight is 507 g/mol. The van der Waals surface area contributed by atoms with Crippen LogP contribution in [0.4, 0.5) is 29.7 Å². The van der Waals surface area contributed by atoms with Crippen molar-refractivity contribution in [2.45, 2.75) is 46.8 Å². The monoisotopic (exact) mass is 506 g/mol. The van der Waals surface area contributed by atoms with Crippen molar-refractivity contribution in [2.75, 3.05) is 23.8 Å². The van der Waals surface area contributed by atoms with Gasteiger partial charge in [0.15, 0.2) is 5.82 Å². The van der Waals surface area contributed by atoms with Gasteiger partial charge in [-0.3, -0.25) is 4.79 Å². The fraction of sp³-hybridized carbons (Fsp3) is 0.458. The molecule has 1 atom stereocenters. The molecule has 7 nitrogen and oxygen atoms in total. The van der Waals surface area contributed by atoms with E-state index in [1.54, 1.807) is 0 Å². The molecule has 4 rings (SSSR count). The van der Waals surface area contributed by atoms with Crippen molar-refractivity contribution in [2.24, 2.45) is 11.3 Å². The van der Waals surface area contributed by atoms with Crippen molar-refractivity contribution >= 4 is 39.6 Å². The van der Waals surface area contributed by atoms with Crippen molar-refractivity contribution in [3.05, 3.63) is 47.6 Å². The number of amides is 1. The van der Waals surface area contributed by atoms with Gasteiger partial charge in [0.2, 0.25) is 5.91 Å². The normalized spacial score (nSPS) is 19.1. The van der Waals surface area contributed by atoms with E-state index < -0.39 is 17.6 Å². The van der Waals surface area contributed by atoms with E-state index in [4.69, 9.17) is 0 Å². The van der Waals surface area contributed by atoms with Gasteiger partial charge in [-0.15, -0.1) is 0 Å². The summed E-state index contributed by atoms with van der Waals surface area (Å²) in [7, 11) is 1.41. The van der Waals surface area contributed by atoms with Gasteiger partial charge in [0.1, 0.15) is 10.7 Å². The Kier molecular flexibility index (Phi) is 6.33. The van der Waals surface area contributed by atoms with Gasteiger partial charge in [0, 0.05) is 56.6 Å².